The molecule has 2 aromatic carbocycles. The van der Waals surface area contributed by atoms with Gasteiger partial charge in [0.15, 0.2) is 5.78 Å². The number of sulfonamides is 1. The van der Waals surface area contributed by atoms with Gasteiger partial charge in [-0.05, 0) is 43.3 Å². The third-order valence-corrected chi connectivity index (χ3v) is 4.44. The van der Waals surface area contributed by atoms with Crippen LogP contribution in [0.2, 0.25) is 0 Å². The van der Waals surface area contributed by atoms with Crippen LogP contribution >= 0.6 is 0 Å². The van der Waals surface area contributed by atoms with Crippen molar-refractivity contribution in [2.45, 2.75) is 18.4 Å². The van der Waals surface area contributed by atoms with Gasteiger partial charge in [0.1, 0.15) is 18.2 Å². The highest BCUT2D eigenvalue weighted by atomic mass is 32.2. The van der Waals surface area contributed by atoms with Gasteiger partial charge in [-0.3, -0.25) is 4.79 Å². The summed E-state index contributed by atoms with van der Waals surface area (Å²) in [5.74, 6) is -1.84. The van der Waals surface area contributed by atoms with Crippen LogP contribution < -0.4 is 9.88 Å². The van der Waals surface area contributed by atoms with Gasteiger partial charge in [-0.1, -0.05) is 0 Å². The van der Waals surface area contributed by atoms with E-state index >= 15 is 0 Å². The number of hydrogen-bond acceptors (Lipinski definition) is 6. The lowest BCUT2D eigenvalue weighted by atomic mass is 10.1. The van der Waals surface area contributed by atoms with Gasteiger partial charge in [0.2, 0.25) is 10.0 Å². The predicted molar refractivity (Wildman–Crippen MR) is 89.9 cm³/mol. The van der Waals surface area contributed by atoms with Crippen LogP contribution in [0.4, 0.5) is 4.39 Å². The number of carbonyl (C=O) groups is 2. The van der Waals surface area contributed by atoms with Gasteiger partial charge >= 0.3 is 5.97 Å². The minimum Gasteiger partial charge on any atom is -0.496 e. The second kappa shape index (κ2) is 7.63. The Morgan fingerprint density at radius 3 is 2.42 bits per heavy atom. The lowest BCUT2D eigenvalue weighted by molar-refractivity contribution is 0.0464. The standard InChI is InChI=1S/C17H16FNO6S/c1-10(20)11-3-6-16(24-2)12(7-11)9-25-17(21)14-8-13(26(19,22)23)4-5-15(14)18/h3-8H,9H2,1-2H3,(H2,19,22,23). The Bertz CT molecular complexity index is 971. The molecule has 9 heteroatoms. The van der Waals surface area contributed by atoms with Gasteiger partial charge < -0.3 is 9.47 Å². The van der Waals surface area contributed by atoms with E-state index in [1.165, 1.54) is 20.1 Å². The monoisotopic (exact) mass is 381 g/mol. The molecule has 0 bridgehead atoms. The summed E-state index contributed by atoms with van der Waals surface area (Å²) < 4.78 is 46.7. The van der Waals surface area contributed by atoms with Crippen molar-refractivity contribution < 1.29 is 31.9 Å². The van der Waals surface area contributed by atoms with Crippen LogP contribution in [0.3, 0.4) is 0 Å². The minimum atomic E-state index is -4.10. The van der Waals surface area contributed by atoms with Crippen LogP contribution in [-0.2, 0) is 21.4 Å². The molecule has 26 heavy (non-hydrogen) atoms. The van der Waals surface area contributed by atoms with Crippen molar-refractivity contribution >= 4 is 21.8 Å². The first kappa shape index (κ1) is 19.5. The number of hydrogen-bond donors (Lipinski definition) is 1. The molecular formula is C17H16FNO6S. The van der Waals surface area contributed by atoms with E-state index in [4.69, 9.17) is 14.6 Å². The second-order valence-electron chi connectivity index (χ2n) is 5.35. The summed E-state index contributed by atoms with van der Waals surface area (Å²) in [5.41, 5.74) is 0.217. The molecule has 0 aliphatic carbocycles. The highest BCUT2D eigenvalue weighted by molar-refractivity contribution is 7.89. The lowest BCUT2D eigenvalue weighted by Crippen LogP contribution is -2.15. The molecule has 0 radical (unpaired) electrons. The van der Waals surface area contributed by atoms with Gasteiger partial charge in [-0.15, -0.1) is 0 Å². The molecule has 0 saturated carbocycles. The van der Waals surface area contributed by atoms with Gasteiger partial charge in [0, 0.05) is 11.1 Å². The van der Waals surface area contributed by atoms with Gasteiger partial charge in [-0.2, -0.15) is 0 Å². The molecule has 138 valence electrons. The van der Waals surface area contributed by atoms with Crippen molar-refractivity contribution in [2.75, 3.05) is 7.11 Å². The third kappa shape index (κ3) is 4.44. The first-order valence-electron chi connectivity index (χ1n) is 7.31. The molecule has 2 N–H and O–H groups in total. The Labute approximate surface area is 149 Å². The topological polar surface area (TPSA) is 113 Å². The van der Waals surface area contributed by atoms with E-state index in [0.29, 0.717) is 16.9 Å². The maximum Gasteiger partial charge on any atom is 0.341 e. The van der Waals surface area contributed by atoms with Crippen LogP contribution in [0.15, 0.2) is 41.3 Å². The molecule has 7 nitrogen and oxygen atoms in total. The van der Waals surface area contributed by atoms with E-state index in [0.717, 1.165) is 18.2 Å². The summed E-state index contributed by atoms with van der Waals surface area (Å²) in [6, 6.07) is 7.15. The van der Waals surface area contributed by atoms with E-state index in [2.05, 4.69) is 0 Å². The van der Waals surface area contributed by atoms with Crippen LogP contribution in [0.25, 0.3) is 0 Å². The highest BCUT2D eigenvalue weighted by Gasteiger charge is 2.19. The summed E-state index contributed by atoms with van der Waals surface area (Å²) in [7, 11) is -2.69. The molecule has 2 aromatic rings. The number of halogens is 1. The normalized spacial score (nSPS) is 11.1. The zero-order valence-electron chi connectivity index (χ0n) is 14.0. The first-order chi connectivity index (χ1) is 12.1. The van der Waals surface area contributed by atoms with Crippen molar-refractivity contribution in [1.29, 1.82) is 0 Å². The zero-order chi connectivity index (χ0) is 19.5. The van der Waals surface area contributed by atoms with E-state index in [-0.39, 0.29) is 12.4 Å². The van der Waals surface area contributed by atoms with Crippen LogP contribution in [0.1, 0.15) is 33.2 Å². The molecule has 0 spiro atoms. The Morgan fingerprint density at radius 2 is 1.85 bits per heavy atom. The number of esters is 1. The summed E-state index contributed by atoms with van der Waals surface area (Å²) >= 11 is 0. The summed E-state index contributed by atoms with van der Waals surface area (Å²) in [4.78, 5) is 23.2. The average Bonchev–Trinajstić information content (AvgIpc) is 2.58. The summed E-state index contributed by atoms with van der Waals surface area (Å²) in [5, 5.41) is 4.97. The molecule has 0 aromatic heterocycles. The molecule has 0 saturated heterocycles. The Kier molecular flexibility index (Phi) is 5.73. The number of Topliss-reactive ketones (excluding diaryl/α,β-unsaturated/α-hetero) is 1. The molecule has 0 unspecified atom stereocenters. The van der Waals surface area contributed by atoms with Crippen molar-refractivity contribution in [1.82, 2.24) is 0 Å². The second-order valence-corrected chi connectivity index (χ2v) is 6.91. The molecule has 0 amide bonds. The first-order valence-corrected chi connectivity index (χ1v) is 8.85. The van der Waals surface area contributed by atoms with E-state index in [9.17, 15) is 22.4 Å². The number of nitrogens with two attached hydrogens (primary N) is 1. The number of benzene rings is 2. The van der Waals surface area contributed by atoms with E-state index in [1.807, 2.05) is 0 Å². The van der Waals surface area contributed by atoms with Crippen molar-refractivity contribution in [3.8, 4) is 5.75 Å². The highest BCUT2D eigenvalue weighted by Crippen LogP contribution is 2.22. The largest absolute Gasteiger partial charge is 0.496 e. The van der Waals surface area contributed by atoms with Gasteiger partial charge in [-0.25, -0.2) is 22.7 Å². The summed E-state index contributed by atoms with van der Waals surface area (Å²) in [6.07, 6.45) is 0. The number of ketones is 1. The van der Waals surface area contributed by atoms with Crippen LogP contribution in [0, 0.1) is 5.82 Å². The van der Waals surface area contributed by atoms with E-state index in [1.54, 1.807) is 12.1 Å². The maximum atomic E-state index is 13.8. The number of methoxy groups -OCH3 is 1. The predicted octanol–water partition coefficient (Wildman–Crippen LogP) is 2.04. The lowest BCUT2D eigenvalue weighted by Gasteiger charge is -2.11. The Balaban J connectivity index is 2.27. The zero-order valence-corrected chi connectivity index (χ0v) is 14.8. The number of ether oxygens (including phenoxy) is 2. The molecule has 0 aliphatic heterocycles. The van der Waals surface area contributed by atoms with Crippen molar-refractivity contribution in [2.24, 2.45) is 5.14 Å². The minimum absolute atomic E-state index is 0.188. The number of carbonyl (C=O) groups excluding carboxylic acids is 2. The fourth-order valence-electron chi connectivity index (χ4n) is 2.17. The number of primary sulfonamides is 1. The third-order valence-electron chi connectivity index (χ3n) is 3.53. The maximum absolute atomic E-state index is 13.8. The number of rotatable bonds is 6. The van der Waals surface area contributed by atoms with Gasteiger partial charge in [0.25, 0.3) is 0 Å². The fraction of sp³-hybridized carbons (Fsp3) is 0.176. The summed E-state index contributed by atoms with van der Waals surface area (Å²) in [6.45, 7) is 1.08. The molecular weight excluding hydrogens is 365 g/mol. The average molecular weight is 381 g/mol. The van der Waals surface area contributed by atoms with Gasteiger partial charge in [0.05, 0.1) is 17.6 Å². The quantitative estimate of drug-likeness (QED) is 0.605. The van der Waals surface area contributed by atoms with Crippen LogP contribution in [-0.4, -0.2) is 27.3 Å². The molecule has 0 aliphatic rings. The van der Waals surface area contributed by atoms with Crippen molar-refractivity contribution in [3.63, 3.8) is 0 Å². The molecule has 2 rings (SSSR count). The molecule has 0 atom stereocenters. The van der Waals surface area contributed by atoms with Crippen LogP contribution in [0.5, 0.6) is 5.75 Å². The Hall–Kier alpha value is -2.78. The Morgan fingerprint density at radius 1 is 1.15 bits per heavy atom. The fourth-order valence-corrected chi connectivity index (χ4v) is 2.71. The molecule has 0 heterocycles. The SMILES string of the molecule is COc1ccc(C(C)=O)cc1COC(=O)c1cc(S(N)(=O)=O)ccc1F. The van der Waals surface area contributed by atoms with E-state index < -0.39 is 32.3 Å². The molecule has 0 fully saturated rings. The van der Waals surface area contributed by atoms with Crippen molar-refractivity contribution in [3.05, 3.63) is 58.9 Å². The smallest absolute Gasteiger partial charge is 0.341 e.